The van der Waals surface area contributed by atoms with E-state index in [-0.39, 0.29) is 10.8 Å². The van der Waals surface area contributed by atoms with Crippen LogP contribution >= 0.6 is 7.55 Å². The van der Waals surface area contributed by atoms with Crippen molar-refractivity contribution in [3.05, 3.63) is 58.7 Å². The maximum atomic E-state index is 4.69. The Hall–Kier alpha value is -1.26. The van der Waals surface area contributed by atoms with Crippen molar-refractivity contribution in [3.63, 3.8) is 0 Å². The molecule has 24 heavy (non-hydrogen) atoms. The molecule has 2 aromatic carbocycles. The number of aryl methyl sites for hydroxylation is 2. The van der Waals surface area contributed by atoms with Crippen LogP contribution in [-0.4, -0.2) is 6.30 Å². The Morgan fingerprint density at radius 2 is 1.00 bits per heavy atom. The van der Waals surface area contributed by atoms with E-state index in [1.54, 1.807) is 0 Å². The first kappa shape index (κ1) is 19.1. The lowest BCUT2D eigenvalue weighted by Gasteiger charge is -2.29. The Balaban J connectivity index is 2.68. The molecule has 0 amide bonds. The van der Waals surface area contributed by atoms with Gasteiger partial charge in [0.05, 0.1) is 0 Å². The Kier molecular flexibility index (Phi) is 5.22. The molecule has 130 valence electrons. The van der Waals surface area contributed by atoms with Crippen LogP contribution in [0, 0.1) is 13.8 Å². The standard InChI is InChI=1S/C23H33P/c1-16-10-12-20(18(14-16)22(3,4)5)24(9)21-13-11-17(2)15-19(21)23(6,7)8/h10-15,24H,9H2,1-8H3. The SMILES string of the molecule is C=[PH](c1ccc(C)cc1C(C)(C)C)c1ccc(C)cc1C(C)(C)C. The second kappa shape index (κ2) is 6.57. The summed E-state index contributed by atoms with van der Waals surface area (Å²) in [5, 5.41) is 2.90. The van der Waals surface area contributed by atoms with Crippen LogP contribution in [0.25, 0.3) is 0 Å². The second-order valence-corrected chi connectivity index (χ2v) is 11.1. The Morgan fingerprint density at radius 1 is 0.667 bits per heavy atom. The zero-order valence-corrected chi connectivity index (χ0v) is 17.7. The molecule has 0 nitrogen and oxygen atoms in total. The largest absolute Gasteiger partial charge is 0.0953 e. The Morgan fingerprint density at radius 3 is 1.29 bits per heavy atom. The summed E-state index contributed by atoms with van der Waals surface area (Å²) in [7, 11) is -1.05. The van der Waals surface area contributed by atoms with E-state index in [2.05, 4.69) is 98.1 Å². The molecule has 0 radical (unpaired) electrons. The van der Waals surface area contributed by atoms with E-state index in [1.807, 2.05) is 0 Å². The number of rotatable bonds is 2. The van der Waals surface area contributed by atoms with E-state index in [9.17, 15) is 0 Å². The molecule has 0 heterocycles. The molecule has 1 heteroatoms. The van der Waals surface area contributed by atoms with Gasteiger partial charge in [-0.05, 0) is 46.4 Å². The van der Waals surface area contributed by atoms with Gasteiger partial charge in [-0.1, -0.05) is 103 Å². The minimum absolute atomic E-state index is 0.140. The lowest BCUT2D eigenvalue weighted by atomic mass is 9.86. The molecule has 2 rings (SSSR count). The van der Waals surface area contributed by atoms with Crippen molar-refractivity contribution in [3.8, 4) is 0 Å². The molecule has 0 aromatic heterocycles. The highest BCUT2D eigenvalue weighted by molar-refractivity contribution is 7.71. The summed E-state index contributed by atoms with van der Waals surface area (Å²) in [6, 6.07) is 13.8. The molecule has 0 N–H and O–H groups in total. The van der Waals surface area contributed by atoms with Crippen molar-refractivity contribution < 1.29 is 0 Å². The Labute approximate surface area is 149 Å². The van der Waals surface area contributed by atoms with Crippen molar-refractivity contribution in [1.82, 2.24) is 0 Å². The lowest BCUT2D eigenvalue weighted by Crippen LogP contribution is -2.26. The quantitative estimate of drug-likeness (QED) is 0.634. The van der Waals surface area contributed by atoms with Gasteiger partial charge in [0.2, 0.25) is 0 Å². The highest BCUT2D eigenvalue weighted by atomic mass is 31.1. The molecule has 0 aliphatic carbocycles. The summed E-state index contributed by atoms with van der Waals surface area (Å²) in [5.74, 6) is 0. The van der Waals surface area contributed by atoms with E-state index >= 15 is 0 Å². The zero-order valence-electron chi connectivity index (χ0n) is 16.7. The fourth-order valence-electron chi connectivity index (χ4n) is 3.23. The van der Waals surface area contributed by atoms with Gasteiger partial charge in [-0.3, -0.25) is 0 Å². The third-order valence-electron chi connectivity index (χ3n) is 4.62. The molecule has 0 saturated heterocycles. The molecule has 0 unspecified atom stereocenters. The minimum atomic E-state index is -1.05. The van der Waals surface area contributed by atoms with Gasteiger partial charge in [0.25, 0.3) is 0 Å². The van der Waals surface area contributed by atoms with E-state index < -0.39 is 7.55 Å². The Bertz CT molecular complexity index is 702. The van der Waals surface area contributed by atoms with E-state index in [4.69, 9.17) is 0 Å². The summed E-state index contributed by atoms with van der Waals surface area (Å²) < 4.78 is 0. The predicted molar refractivity (Wildman–Crippen MR) is 114 cm³/mol. The molecule has 0 atom stereocenters. The van der Waals surface area contributed by atoms with Crippen LogP contribution in [0.1, 0.15) is 63.8 Å². The van der Waals surface area contributed by atoms with Gasteiger partial charge in [-0.2, -0.15) is 0 Å². The van der Waals surface area contributed by atoms with E-state index in [1.165, 1.54) is 32.9 Å². The molecule has 0 spiro atoms. The van der Waals surface area contributed by atoms with Crippen LogP contribution < -0.4 is 10.6 Å². The molecule has 0 bridgehead atoms. The van der Waals surface area contributed by atoms with Gasteiger partial charge in [0.15, 0.2) is 0 Å². The average Bonchev–Trinajstić information content (AvgIpc) is 2.44. The zero-order chi connectivity index (χ0) is 18.3. The summed E-state index contributed by atoms with van der Waals surface area (Å²) in [4.78, 5) is 0. The van der Waals surface area contributed by atoms with E-state index in [0.29, 0.717) is 0 Å². The molecular formula is C23H33P. The van der Waals surface area contributed by atoms with E-state index in [0.717, 1.165) is 0 Å². The van der Waals surface area contributed by atoms with Crippen LogP contribution in [0.2, 0.25) is 0 Å². The van der Waals surface area contributed by atoms with Gasteiger partial charge >= 0.3 is 0 Å². The molecule has 2 aromatic rings. The third kappa shape index (κ3) is 4.04. The summed E-state index contributed by atoms with van der Waals surface area (Å²) in [6.07, 6.45) is 4.69. The van der Waals surface area contributed by atoms with Gasteiger partial charge < -0.3 is 0 Å². The fourth-order valence-corrected chi connectivity index (χ4v) is 5.63. The predicted octanol–water partition coefficient (Wildman–Crippen LogP) is 5.50. The van der Waals surface area contributed by atoms with Crippen LogP contribution in [0.3, 0.4) is 0 Å². The van der Waals surface area contributed by atoms with Crippen LogP contribution in [-0.2, 0) is 10.8 Å². The number of hydrogen-bond acceptors (Lipinski definition) is 0. The van der Waals surface area contributed by atoms with Gasteiger partial charge in [-0.25, -0.2) is 0 Å². The summed E-state index contributed by atoms with van der Waals surface area (Å²) in [5.41, 5.74) is 5.85. The topological polar surface area (TPSA) is 0 Å². The first-order valence-corrected chi connectivity index (χ1v) is 10.5. The fraction of sp³-hybridized carbons (Fsp3) is 0.435. The summed E-state index contributed by atoms with van der Waals surface area (Å²) >= 11 is 0. The van der Waals surface area contributed by atoms with Crippen molar-refractivity contribution in [2.75, 3.05) is 0 Å². The molecule has 0 aliphatic rings. The van der Waals surface area contributed by atoms with Crippen molar-refractivity contribution >= 4 is 24.5 Å². The van der Waals surface area contributed by atoms with Crippen molar-refractivity contribution in [1.29, 1.82) is 0 Å². The second-order valence-electron chi connectivity index (χ2n) is 9.08. The maximum Gasteiger partial charge on any atom is -0.0125 e. The van der Waals surface area contributed by atoms with Gasteiger partial charge in [-0.15, -0.1) is 0 Å². The maximum absolute atomic E-state index is 4.69. The van der Waals surface area contributed by atoms with Crippen molar-refractivity contribution in [2.24, 2.45) is 0 Å². The van der Waals surface area contributed by atoms with Crippen LogP contribution in [0.5, 0.6) is 0 Å². The first-order valence-electron chi connectivity index (χ1n) is 8.83. The van der Waals surface area contributed by atoms with Crippen LogP contribution in [0.4, 0.5) is 0 Å². The van der Waals surface area contributed by atoms with Gasteiger partial charge in [0, 0.05) is 0 Å². The van der Waals surface area contributed by atoms with Crippen LogP contribution in [0.15, 0.2) is 36.4 Å². The molecule has 0 saturated carbocycles. The molecular weight excluding hydrogens is 307 g/mol. The highest BCUT2D eigenvalue weighted by Crippen LogP contribution is 2.33. The summed E-state index contributed by atoms with van der Waals surface area (Å²) in [6.45, 7) is 18.2. The molecule has 0 aliphatic heterocycles. The monoisotopic (exact) mass is 340 g/mol. The smallest absolute Gasteiger partial charge is 0.0125 e. The third-order valence-corrected chi connectivity index (χ3v) is 6.79. The lowest BCUT2D eigenvalue weighted by molar-refractivity contribution is 0.593. The van der Waals surface area contributed by atoms with Crippen molar-refractivity contribution in [2.45, 2.75) is 66.2 Å². The minimum Gasteiger partial charge on any atom is -0.0953 e. The molecule has 0 fully saturated rings. The van der Waals surface area contributed by atoms with Gasteiger partial charge in [0.1, 0.15) is 0 Å². The number of hydrogen-bond donors (Lipinski definition) is 0. The normalized spacial score (nSPS) is 12.7. The first-order chi connectivity index (χ1) is 10.9. The average molecular weight is 340 g/mol. The highest BCUT2D eigenvalue weighted by Gasteiger charge is 2.23. The number of benzene rings is 2.